The molecule has 2 rings (SSSR count). The Bertz CT molecular complexity index is 572. The minimum Gasteiger partial charge on any atom is -0.369 e. The molecule has 8 heteroatoms. The number of anilines is 2. The zero-order valence-electron chi connectivity index (χ0n) is 10.5. The molecule has 102 valence electrons. The Balaban J connectivity index is 2.13. The summed E-state index contributed by atoms with van der Waals surface area (Å²) in [4.78, 5) is 8.39. The molecular formula is C11H13Cl2N5O. The number of nitrogens with one attached hydrogen (secondary N) is 2. The second kappa shape index (κ2) is 6.08. The van der Waals surface area contributed by atoms with E-state index in [0.29, 0.717) is 39.9 Å². The highest BCUT2D eigenvalue weighted by molar-refractivity contribution is 6.37. The van der Waals surface area contributed by atoms with Gasteiger partial charge in [-0.1, -0.05) is 28.4 Å². The smallest absolute Gasteiger partial charge is 0.223 e. The predicted molar refractivity (Wildman–Crippen MR) is 74.8 cm³/mol. The Labute approximate surface area is 120 Å². The van der Waals surface area contributed by atoms with Crippen molar-refractivity contribution < 1.29 is 4.52 Å². The van der Waals surface area contributed by atoms with Crippen LogP contribution in [-0.2, 0) is 6.54 Å². The van der Waals surface area contributed by atoms with Gasteiger partial charge in [0.05, 0.1) is 16.6 Å². The molecule has 0 amide bonds. The van der Waals surface area contributed by atoms with Crippen LogP contribution in [-0.4, -0.2) is 21.7 Å². The highest BCUT2D eigenvalue weighted by Gasteiger charge is 2.10. The normalized spacial score (nSPS) is 10.5. The van der Waals surface area contributed by atoms with Gasteiger partial charge in [0.25, 0.3) is 0 Å². The average Bonchev–Trinajstić information content (AvgIpc) is 2.77. The standard InChI is InChI=1S/C11H13Cl2N5O/c1-3-14-10-7(12)4-8(13)11(17-10)15-5-9-16-6(2)19-18-9/h4H,3,5H2,1-2H3,(H2,14,15,17). The Morgan fingerprint density at radius 2 is 1.84 bits per heavy atom. The molecule has 0 spiro atoms. The number of rotatable bonds is 5. The number of pyridine rings is 1. The summed E-state index contributed by atoms with van der Waals surface area (Å²) in [7, 11) is 0. The molecule has 19 heavy (non-hydrogen) atoms. The molecule has 0 atom stereocenters. The van der Waals surface area contributed by atoms with Crippen LogP contribution in [0.5, 0.6) is 0 Å². The van der Waals surface area contributed by atoms with Crippen molar-refractivity contribution in [2.75, 3.05) is 17.2 Å². The van der Waals surface area contributed by atoms with Gasteiger partial charge in [0.1, 0.15) is 11.6 Å². The van der Waals surface area contributed by atoms with E-state index in [-0.39, 0.29) is 0 Å². The maximum atomic E-state index is 6.07. The highest BCUT2D eigenvalue weighted by Crippen LogP contribution is 2.29. The third-order valence-corrected chi connectivity index (χ3v) is 2.83. The van der Waals surface area contributed by atoms with Crippen LogP contribution in [0.2, 0.25) is 10.0 Å². The molecule has 0 aliphatic rings. The fourth-order valence-corrected chi connectivity index (χ4v) is 1.95. The van der Waals surface area contributed by atoms with Crippen LogP contribution in [0.4, 0.5) is 11.6 Å². The van der Waals surface area contributed by atoms with Gasteiger partial charge in [0.15, 0.2) is 5.82 Å². The first kappa shape index (κ1) is 13.9. The van der Waals surface area contributed by atoms with Crippen LogP contribution in [0.3, 0.4) is 0 Å². The zero-order valence-corrected chi connectivity index (χ0v) is 12.0. The predicted octanol–water partition coefficient (Wildman–Crippen LogP) is 3.12. The first-order valence-electron chi connectivity index (χ1n) is 5.73. The van der Waals surface area contributed by atoms with Crippen molar-refractivity contribution in [3.8, 4) is 0 Å². The van der Waals surface area contributed by atoms with E-state index in [1.165, 1.54) is 0 Å². The third-order valence-electron chi connectivity index (χ3n) is 2.26. The SMILES string of the molecule is CCNc1nc(NCc2noc(C)n2)c(Cl)cc1Cl. The number of aryl methyl sites for hydroxylation is 1. The molecule has 0 aliphatic carbocycles. The highest BCUT2D eigenvalue weighted by atomic mass is 35.5. The molecule has 0 aliphatic heterocycles. The summed E-state index contributed by atoms with van der Waals surface area (Å²) in [5, 5.41) is 10.8. The quantitative estimate of drug-likeness (QED) is 0.883. The first-order valence-corrected chi connectivity index (χ1v) is 6.48. The number of halogens is 2. The molecule has 0 unspecified atom stereocenters. The Morgan fingerprint density at radius 1 is 1.16 bits per heavy atom. The largest absolute Gasteiger partial charge is 0.369 e. The van der Waals surface area contributed by atoms with Crippen molar-refractivity contribution in [2.45, 2.75) is 20.4 Å². The van der Waals surface area contributed by atoms with Gasteiger partial charge in [-0.15, -0.1) is 0 Å². The fourth-order valence-electron chi connectivity index (χ4n) is 1.46. The molecule has 2 aromatic rings. The van der Waals surface area contributed by atoms with E-state index in [4.69, 9.17) is 27.7 Å². The molecule has 0 aromatic carbocycles. The molecule has 0 fully saturated rings. The monoisotopic (exact) mass is 301 g/mol. The lowest BCUT2D eigenvalue weighted by molar-refractivity contribution is 0.388. The van der Waals surface area contributed by atoms with E-state index in [9.17, 15) is 0 Å². The minimum absolute atomic E-state index is 0.372. The maximum absolute atomic E-state index is 6.07. The molecule has 0 saturated heterocycles. The van der Waals surface area contributed by atoms with Gasteiger partial charge in [-0.3, -0.25) is 0 Å². The lowest BCUT2D eigenvalue weighted by Crippen LogP contribution is -2.07. The van der Waals surface area contributed by atoms with Gasteiger partial charge in [0.2, 0.25) is 5.89 Å². The van der Waals surface area contributed by atoms with Crippen LogP contribution in [0.25, 0.3) is 0 Å². The van der Waals surface area contributed by atoms with E-state index < -0.39 is 0 Å². The third kappa shape index (κ3) is 3.48. The fraction of sp³-hybridized carbons (Fsp3) is 0.364. The van der Waals surface area contributed by atoms with Crippen LogP contribution in [0.15, 0.2) is 10.6 Å². The second-order valence-electron chi connectivity index (χ2n) is 3.76. The second-order valence-corrected chi connectivity index (χ2v) is 4.58. The summed E-state index contributed by atoms with van der Waals surface area (Å²) in [6, 6.07) is 1.64. The lowest BCUT2D eigenvalue weighted by Gasteiger charge is -2.10. The van der Waals surface area contributed by atoms with Gasteiger partial charge >= 0.3 is 0 Å². The van der Waals surface area contributed by atoms with Crippen molar-refractivity contribution >= 4 is 34.8 Å². The molecule has 2 N–H and O–H groups in total. The number of hydrogen-bond acceptors (Lipinski definition) is 6. The summed E-state index contributed by atoms with van der Waals surface area (Å²) in [5.74, 6) is 2.15. The lowest BCUT2D eigenvalue weighted by atomic mass is 10.4. The van der Waals surface area contributed by atoms with Crippen LogP contribution in [0, 0.1) is 6.92 Å². The van der Waals surface area contributed by atoms with Crippen molar-refractivity contribution in [3.63, 3.8) is 0 Å². The summed E-state index contributed by atoms with van der Waals surface area (Å²) in [5.41, 5.74) is 0. The van der Waals surface area contributed by atoms with Gasteiger partial charge < -0.3 is 15.2 Å². The van der Waals surface area contributed by atoms with Crippen molar-refractivity contribution in [3.05, 3.63) is 27.8 Å². The van der Waals surface area contributed by atoms with Gasteiger partial charge in [-0.05, 0) is 13.0 Å². The van der Waals surface area contributed by atoms with Crippen molar-refractivity contribution in [1.82, 2.24) is 15.1 Å². The maximum Gasteiger partial charge on any atom is 0.223 e. The first-order chi connectivity index (χ1) is 9.10. The van der Waals surface area contributed by atoms with Crippen molar-refractivity contribution in [2.24, 2.45) is 0 Å². The van der Waals surface area contributed by atoms with E-state index >= 15 is 0 Å². The number of hydrogen-bond donors (Lipinski definition) is 2. The van der Waals surface area contributed by atoms with E-state index in [2.05, 4.69) is 25.8 Å². The van der Waals surface area contributed by atoms with Gasteiger partial charge in [-0.2, -0.15) is 4.98 Å². The Morgan fingerprint density at radius 3 is 2.42 bits per heavy atom. The summed E-state index contributed by atoms with van der Waals surface area (Å²) in [6.45, 7) is 4.78. The Kier molecular flexibility index (Phi) is 4.44. The van der Waals surface area contributed by atoms with E-state index in [1.807, 2.05) is 6.92 Å². The Hall–Kier alpha value is -1.53. The molecule has 0 bridgehead atoms. The summed E-state index contributed by atoms with van der Waals surface area (Å²) >= 11 is 12.1. The number of nitrogens with zero attached hydrogens (tertiary/aromatic N) is 3. The summed E-state index contributed by atoms with van der Waals surface area (Å²) in [6.07, 6.45) is 0. The molecule has 2 aromatic heterocycles. The topological polar surface area (TPSA) is 75.9 Å². The molecule has 0 saturated carbocycles. The van der Waals surface area contributed by atoms with Crippen molar-refractivity contribution in [1.29, 1.82) is 0 Å². The molecule has 0 radical (unpaired) electrons. The number of aromatic nitrogens is 3. The minimum atomic E-state index is 0.372. The van der Waals surface area contributed by atoms with Gasteiger partial charge in [0, 0.05) is 13.5 Å². The molecule has 2 heterocycles. The molecular weight excluding hydrogens is 289 g/mol. The van der Waals surface area contributed by atoms with Crippen LogP contribution >= 0.6 is 23.2 Å². The zero-order chi connectivity index (χ0) is 13.8. The molecule has 6 nitrogen and oxygen atoms in total. The van der Waals surface area contributed by atoms with Crippen LogP contribution in [0.1, 0.15) is 18.6 Å². The average molecular weight is 302 g/mol. The van der Waals surface area contributed by atoms with Gasteiger partial charge in [-0.25, -0.2) is 4.98 Å². The summed E-state index contributed by atoms with van der Waals surface area (Å²) < 4.78 is 4.88. The van der Waals surface area contributed by atoms with E-state index in [0.717, 1.165) is 6.54 Å². The van der Waals surface area contributed by atoms with Crippen LogP contribution < -0.4 is 10.6 Å². The van der Waals surface area contributed by atoms with E-state index in [1.54, 1.807) is 13.0 Å².